The van der Waals surface area contributed by atoms with Gasteiger partial charge in [0, 0.05) is 11.8 Å². The fourth-order valence-corrected chi connectivity index (χ4v) is 3.73. The van der Waals surface area contributed by atoms with Crippen molar-refractivity contribution in [2.24, 2.45) is 0 Å². The third-order valence-electron chi connectivity index (χ3n) is 5.37. The second-order valence-corrected chi connectivity index (χ2v) is 7.32. The van der Waals surface area contributed by atoms with Crippen LogP contribution < -0.4 is 0 Å². The maximum absolute atomic E-state index is 4.43. The van der Waals surface area contributed by atoms with Gasteiger partial charge in [-0.3, -0.25) is 4.98 Å². The molecule has 0 spiro atoms. The normalized spacial score (nSPS) is 10.7. The molecule has 30 heavy (non-hydrogen) atoms. The molecule has 1 heterocycles. The van der Waals surface area contributed by atoms with E-state index in [1.54, 1.807) is 0 Å². The molecular weight excluding hydrogens is 362 g/mol. The molecule has 1 nitrogen and oxygen atoms in total. The summed E-state index contributed by atoms with van der Waals surface area (Å²) >= 11 is 0. The summed E-state index contributed by atoms with van der Waals surface area (Å²) in [7, 11) is 0. The number of aromatic nitrogens is 1. The molecule has 0 fully saturated rings. The van der Waals surface area contributed by atoms with E-state index in [1.165, 1.54) is 33.4 Å². The number of benzene rings is 4. The van der Waals surface area contributed by atoms with Gasteiger partial charge in [-0.2, -0.15) is 0 Å². The van der Waals surface area contributed by atoms with Crippen LogP contribution in [0.15, 0.2) is 128 Å². The molecular formula is C29H21N. The van der Waals surface area contributed by atoms with Crippen LogP contribution in [0.4, 0.5) is 0 Å². The van der Waals surface area contributed by atoms with Crippen molar-refractivity contribution in [1.82, 2.24) is 4.98 Å². The highest BCUT2D eigenvalue weighted by atomic mass is 14.7. The van der Waals surface area contributed by atoms with Gasteiger partial charge < -0.3 is 0 Å². The Morgan fingerprint density at radius 2 is 0.800 bits per heavy atom. The van der Waals surface area contributed by atoms with Gasteiger partial charge in [0.1, 0.15) is 0 Å². The van der Waals surface area contributed by atoms with Gasteiger partial charge in [-0.1, -0.05) is 103 Å². The molecule has 4 aromatic carbocycles. The quantitative estimate of drug-likeness (QED) is 0.309. The van der Waals surface area contributed by atoms with Crippen molar-refractivity contribution < 1.29 is 0 Å². The second kappa shape index (κ2) is 8.18. The van der Waals surface area contributed by atoms with Crippen molar-refractivity contribution in [3.05, 3.63) is 128 Å². The lowest BCUT2D eigenvalue weighted by atomic mass is 9.96. The summed E-state index contributed by atoms with van der Waals surface area (Å²) in [6, 6.07) is 42.6. The van der Waals surface area contributed by atoms with E-state index in [9.17, 15) is 0 Å². The van der Waals surface area contributed by atoms with Crippen molar-refractivity contribution in [1.29, 1.82) is 0 Å². The smallest absolute Gasteiger partial charge is 0.0701 e. The molecule has 0 bridgehead atoms. The molecule has 0 aliphatic heterocycles. The lowest BCUT2D eigenvalue weighted by Gasteiger charge is -2.08. The maximum atomic E-state index is 4.43. The Morgan fingerprint density at radius 1 is 0.333 bits per heavy atom. The topological polar surface area (TPSA) is 12.9 Å². The minimum absolute atomic E-state index is 0.997. The highest BCUT2D eigenvalue weighted by Gasteiger charge is 2.04. The molecule has 0 saturated heterocycles. The molecule has 5 rings (SSSR count). The zero-order valence-corrected chi connectivity index (χ0v) is 16.6. The van der Waals surface area contributed by atoms with E-state index in [-0.39, 0.29) is 0 Å². The van der Waals surface area contributed by atoms with Crippen molar-refractivity contribution >= 4 is 0 Å². The molecule has 5 aromatic rings. The Bertz CT molecular complexity index is 1140. The molecule has 0 unspecified atom stereocenters. The number of rotatable bonds is 4. The molecule has 1 aromatic heterocycles. The Morgan fingerprint density at radius 3 is 1.37 bits per heavy atom. The van der Waals surface area contributed by atoms with Gasteiger partial charge in [0.2, 0.25) is 0 Å². The monoisotopic (exact) mass is 383 g/mol. The predicted octanol–water partition coefficient (Wildman–Crippen LogP) is 7.75. The first-order valence-electron chi connectivity index (χ1n) is 10.1. The summed E-state index contributed by atoms with van der Waals surface area (Å²) in [5.41, 5.74) is 9.47. The average molecular weight is 383 g/mol. The summed E-state index contributed by atoms with van der Waals surface area (Å²) in [4.78, 5) is 4.43. The largest absolute Gasteiger partial charge is 0.256 e. The van der Waals surface area contributed by atoms with Crippen LogP contribution in [-0.2, 0) is 0 Å². The van der Waals surface area contributed by atoms with E-state index < -0.39 is 0 Å². The molecule has 0 atom stereocenters. The Hall–Kier alpha value is -3.97. The number of hydrogen-bond acceptors (Lipinski definition) is 1. The third-order valence-corrected chi connectivity index (χ3v) is 5.37. The van der Waals surface area contributed by atoms with E-state index >= 15 is 0 Å². The summed E-state index contributed by atoms with van der Waals surface area (Å²) in [5.74, 6) is 0. The van der Waals surface area contributed by atoms with Crippen LogP contribution in [0.5, 0.6) is 0 Å². The van der Waals surface area contributed by atoms with E-state index in [0.717, 1.165) is 11.3 Å². The van der Waals surface area contributed by atoms with Crippen molar-refractivity contribution in [2.45, 2.75) is 0 Å². The Kier molecular flexibility index (Phi) is 4.93. The summed E-state index contributed by atoms with van der Waals surface area (Å²) in [6.45, 7) is 0. The molecule has 0 aliphatic carbocycles. The minimum atomic E-state index is 0.997. The fraction of sp³-hybridized carbons (Fsp3) is 0. The van der Waals surface area contributed by atoms with Crippen LogP contribution in [0.1, 0.15) is 0 Å². The lowest BCUT2D eigenvalue weighted by Crippen LogP contribution is -1.84. The van der Waals surface area contributed by atoms with Gasteiger partial charge in [0.25, 0.3) is 0 Å². The van der Waals surface area contributed by atoms with Crippen LogP contribution in [0, 0.1) is 0 Å². The molecule has 0 aliphatic rings. The van der Waals surface area contributed by atoms with Crippen molar-refractivity contribution in [2.75, 3.05) is 0 Å². The molecule has 0 amide bonds. The maximum Gasteiger partial charge on any atom is 0.0701 e. The van der Waals surface area contributed by atoms with Crippen molar-refractivity contribution in [3.8, 4) is 44.6 Å². The molecule has 142 valence electrons. The summed E-state index contributed by atoms with van der Waals surface area (Å²) in [5, 5.41) is 0. The summed E-state index contributed by atoms with van der Waals surface area (Å²) < 4.78 is 0. The zero-order chi connectivity index (χ0) is 20.2. The highest BCUT2D eigenvalue weighted by Crippen LogP contribution is 2.29. The van der Waals surface area contributed by atoms with E-state index in [2.05, 4.69) is 102 Å². The van der Waals surface area contributed by atoms with Crippen LogP contribution in [0.2, 0.25) is 0 Å². The molecule has 0 radical (unpaired) electrons. The minimum Gasteiger partial charge on any atom is -0.256 e. The zero-order valence-electron chi connectivity index (χ0n) is 16.6. The average Bonchev–Trinajstić information content (AvgIpc) is 2.85. The number of hydrogen-bond donors (Lipinski definition) is 0. The van der Waals surface area contributed by atoms with Gasteiger partial charge in [0.15, 0.2) is 0 Å². The van der Waals surface area contributed by atoms with Crippen molar-refractivity contribution in [3.63, 3.8) is 0 Å². The first-order chi connectivity index (χ1) is 14.9. The van der Waals surface area contributed by atoms with Crippen LogP contribution in [0.25, 0.3) is 44.6 Å². The lowest BCUT2D eigenvalue weighted by molar-refractivity contribution is 1.33. The van der Waals surface area contributed by atoms with Crippen LogP contribution in [-0.4, -0.2) is 4.98 Å². The second-order valence-electron chi connectivity index (χ2n) is 7.32. The Labute approximate surface area is 177 Å². The first-order valence-corrected chi connectivity index (χ1v) is 10.1. The van der Waals surface area contributed by atoms with Gasteiger partial charge in [0.05, 0.1) is 5.69 Å². The molecule has 0 saturated carbocycles. The molecule has 0 N–H and O–H groups in total. The van der Waals surface area contributed by atoms with Gasteiger partial charge in [-0.25, -0.2) is 0 Å². The van der Waals surface area contributed by atoms with Gasteiger partial charge in [-0.05, 0) is 51.6 Å². The van der Waals surface area contributed by atoms with E-state index in [1.807, 2.05) is 30.5 Å². The van der Waals surface area contributed by atoms with Gasteiger partial charge >= 0.3 is 0 Å². The van der Waals surface area contributed by atoms with Gasteiger partial charge in [-0.15, -0.1) is 0 Å². The van der Waals surface area contributed by atoms with Crippen LogP contribution >= 0.6 is 0 Å². The first kappa shape index (κ1) is 18.1. The predicted molar refractivity (Wildman–Crippen MR) is 126 cm³/mol. The van der Waals surface area contributed by atoms with E-state index in [0.29, 0.717) is 0 Å². The molecule has 1 heteroatoms. The third kappa shape index (κ3) is 3.78. The highest BCUT2D eigenvalue weighted by molar-refractivity contribution is 5.76. The Balaban J connectivity index is 1.42. The fourth-order valence-electron chi connectivity index (χ4n) is 3.73. The van der Waals surface area contributed by atoms with E-state index in [4.69, 9.17) is 0 Å². The number of nitrogens with zero attached hydrogens (tertiary/aromatic N) is 1. The summed E-state index contributed by atoms with van der Waals surface area (Å²) in [6.07, 6.45) is 1.83. The van der Waals surface area contributed by atoms with Crippen LogP contribution in [0.3, 0.4) is 0 Å². The standard InChI is InChI=1S/C29H21N/c1-2-7-22(8-3-1)23-12-14-24(15-13-23)27-9-6-10-28(21-27)25-16-18-26(19-17-25)29-11-4-5-20-30-29/h1-21H. The SMILES string of the molecule is c1ccc(-c2ccc(-c3cccc(-c4ccc(-c5ccccn5)cc4)c3)cc2)cc1. The number of pyridine rings is 1.